The molecular weight excluding hydrogens is 206 g/mol. The molecule has 1 aliphatic carbocycles. The summed E-state index contributed by atoms with van der Waals surface area (Å²) in [4.78, 5) is 0. The van der Waals surface area contributed by atoms with Crippen molar-refractivity contribution in [2.24, 2.45) is 0 Å². The first-order chi connectivity index (χ1) is 8.05. The first kappa shape index (κ1) is 12.5. The van der Waals surface area contributed by atoms with Gasteiger partial charge in [-0.15, -0.1) is 0 Å². The van der Waals surface area contributed by atoms with Gasteiger partial charge in [-0.05, 0) is 42.4 Å². The van der Waals surface area contributed by atoms with E-state index in [4.69, 9.17) is 0 Å². The second kappa shape index (κ2) is 5.12. The van der Waals surface area contributed by atoms with Crippen molar-refractivity contribution < 1.29 is 0 Å². The van der Waals surface area contributed by atoms with Gasteiger partial charge in [0.25, 0.3) is 0 Å². The minimum atomic E-state index is 0.246. The van der Waals surface area contributed by atoms with E-state index in [-0.39, 0.29) is 5.41 Å². The summed E-state index contributed by atoms with van der Waals surface area (Å²) in [6.45, 7) is 6.76. The molecule has 0 heterocycles. The van der Waals surface area contributed by atoms with Crippen LogP contribution in [-0.2, 0) is 5.41 Å². The third-order valence-electron chi connectivity index (χ3n) is 3.52. The fourth-order valence-corrected chi connectivity index (χ4v) is 2.36. The molecule has 1 fully saturated rings. The van der Waals surface area contributed by atoms with Gasteiger partial charge in [0, 0.05) is 11.7 Å². The maximum atomic E-state index is 3.60. The molecule has 0 aromatic heterocycles. The zero-order chi connectivity index (χ0) is 12.3. The third-order valence-corrected chi connectivity index (χ3v) is 3.52. The number of hydrogen-bond donors (Lipinski definition) is 1. The van der Waals surface area contributed by atoms with E-state index >= 15 is 0 Å². The average Bonchev–Trinajstić information content (AvgIpc) is 2.30. The van der Waals surface area contributed by atoms with Crippen LogP contribution in [0.4, 0.5) is 5.69 Å². The second-order valence-electron chi connectivity index (χ2n) is 6.10. The molecule has 0 saturated heterocycles. The van der Waals surface area contributed by atoms with Gasteiger partial charge < -0.3 is 5.32 Å². The zero-order valence-electron chi connectivity index (χ0n) is 11.3. The van der Waals surface area contributed by atoms with E-state index in [1.165, 1.54) is 36.9 Å². The smallest absolute Gasteiger partial charge is 0.0342 e. The summed E-state index contributed by atoms with van der Waals surface area (Å²) in [6.07, 6.45) is 7.68. The molecule has 17 heavy (non-hydrogen) atoms. The summed E-state index contributed by atoms with van der Waals surface area (Å²) >= 11 is 0. The highest BCUT2D eigenvalue weighted by Crippen LogP contribution is 2.25. The number of benzene rings is 1. The van der Waals surface area contributed by atoms with Crippen LogP contribution in [0.3, 0.4) is 0 Å². The minimum Gasteiger partial charge on any atom is -0.382 e. The Bertz CT molecular complexity index is 339. The van der Waals surface area contributed by atoms with E-state index in [0.717, 1.165) is 0 Å². The van der Waals surface area contributed by atoms with Crippen LogP contribution in [0.1, 0.15) is 52.0 Å². The topological polar surface area (TPSA) is 12.0 Å². The van der Waals surface area contributed by atoms with Crippen LogP contribution in [0.2, 0.25) is 0 Å². The molecule has 1 saturated carbocycles. The maximum absolute atomic E-state index is 3.60. The van der Waals surface area contributed by atoms with Crippen molar-refractivity contribution in [3.05, 3.63) is 36.2 Å². The van der Waals surface area contributed by atoms with Crippen molar-refractivity contribution in [1.29, 1.82) is 0 Å². The van der Waals surface area contributed by atoms with E-state index in [9.17, 15) is 0 Å². The molecule has 1 aliphatic rings. The molecule has 1 radical (unpaired) electrons. The fourth-order valence-electron chi connectivity index (χ4n) is 2.36. The van der Waals surface area contributed by atoms with Crippen molar-refractivity contribution >= 4 is 5.69 Å². The second-order valence-corrected chi connectivity index (χ2v) is 6.10. The molecule has 1 nitrogen and oxygen atoms in total. The van der Waals surface area contributed by atoms with E-state index in [1.54, 1.807) is 0 Å². The van der Waals surface area contributed by atoms with E-state index in [1.807, 2.05) is 0 Å². The summed E-state index contributed by atoms with van der Waals surface area (Å²) in [5.41, 5.74) is 2.90. The minimum absolute atomic E-state index is 0.246. The number of nitrogens with one attached hydrogen (secondary N) is 1. The van der Waals surface area contributed by atoms with Crippen LogP contribution in [0.15, 0.2) is 24.3 Å². The van der Waals surface area contributed by atoms with Gasteiger partial charge in [0.1, 0.15) is 0 Å². The summed E-state index contributed by atoms with van der Waals surface area (Å²) < 4.78 is 0. The molecule has 0 amide bonds. The van der Waals surface area contributed by atoms with Crippen LogP contribution in [0.5, 0.6) is 0 Å². The highest BCUT2D eigenvalue weighted by atomic mass is 14.9. The van der Waals surface area contributed by atoms with Gasteiger partial charge >= 0.3 is 0 Å². The predicted molar refractivity (Wildman–Crippen MR) is 75.3 cm³/mol. The van der Waals surface area contributed by atoms with Crippen molar-refractivity contribution in [2.45, 2.75) is 57.9 Å². The molecule has 0 bridgehead atoms. The molecule has 0 aliphatic heterocycles. The average molecular weight is 230 g/mol. The van der Waals surface area contributed by atoms with Crippen molar-refractivity contribution in [3.63, 3.8) is 0 Å². The Hall–Kier alpha value is -0.980. The first-order valence-corrected chi connectivity index (χ1v) is 6.76. The lowest BCUT2D eigenvalue weighted by molar-refractivity contribution is 0.551. The highest BCUT2D eigenvalue weighted by molar-refractivity contribution is 5.47. The largest absolute Gasteiger partial charge is 0.382 e. The van der Waals surface area contributed by atoms with Crippen molar-refractivity contribution in [1.82, 2.24) is 0 Å². The third kappa shape index (κ3) is 3.49. The summed E-state index contributed by atoms with van der Waals surface area (Å²) in [6, 6.07) is 9.48. The lowest BCUT2D eigenvalue weighted by Gasteiger charge is -2.24. The van der Waals surface area contributed by atoms with Gasteiger partial charge in [-0.2, -0.15) is 0 Å². The Morgan fingerprint density at radius 1 is 1.06 bits per heavy atom. The molecule has 1 heteroatoms. The van der Waals surface area contributed by atoms with Gasteiger partial charge in [0.15, 0.2) is 0 Å². The summed E-state index contributed by atoms with van der Waals surface area (Å²) in [5, 5.41) is 3.60. The van der Waals surface area contributed by atoms with Crippen LogP contribution in [0.25, 0.3) is 0 Å². The Morgan fingerprint density at radius 2 is 1.76 bits per heavy atom. The van der Waals surface area contributed by atoms with Crippen molar-refractivity contribution in [2.75, 3.05) is 5.32 Å². The van der Waals surface area contributed by atoms with Gasteiger partial charge in [-0.25, -0.2) is 0 Å². The molecule has 0 spiro atoms. The Labute approximate surface area is 106 Å². The normalized spacial score (nSPS) is 18.1. The maximum Gasteiger partial charge on any atom is 0.0342 e. The molecule has 2 rings (SSSR count). The highest BCUT2D eigenvalue weighted by Gasteiger charge is 2.15. The summed E-state index contributed by atoms with van der Waals surface area (Å²) in [5.74, 6) is 0. The Balaban J connectivity index is 1.98. The van der Waals surface area contributed by atoms with E-state index in [2.05, 4.69) is 56.8 Å². The first-order valence-electron chi connectivity index (χ1n) is 6.76. The van der Waals surface area contributed by atoms with Gasteiger partial charge in [-0.3, -0.25) is 0 Å². The monoisotopic (exact) mass is 230 g/mol. The van der Waals surface area contributed by atoms with Crippen LogP contribution >= 0.6 is 0 Å². The van der Waals surface area contributed by atoms with Crippen LogP contribution in [0, 0.1) is 6.42 Å². The Kier molecular flexibility index (Phi) is 3.76. The fraction of sp³-hybridized carbons (Fsp3) is 0.562. The SMILES string of the molecule is CC(C)(C)c1ccc(NC2[CH]CCCC2)cc1. The Morgan fingerprint density at radius 3 is 2.29 bits per heavy atom. The van der Waals surface area contributed by atoms with Gasteiger partial charge in [0.2, 0.25) is 0 Å². The van der Waals surface area contributed by atoms with Gasteiger partial charge in [0.05, 0.1) is 0 Å². The molecule has 1 unspecified atom stereocenters. The van der Waals surface area contributed by atoms with Crippen LogP contribution < -0.4 is 5.32 Å². The van der Waals surface area contributed by atoms with Crippen LogP contribution in [-0.4, -0.2) is 6.04 Å². The molecule has 1 aromatic rings. The lowest BCUT2D eigenvalue weighted by atomic mass is 9.87. The molecule has 1 N–H and O–H groups in total. The number of rotatable bonds is 2. The van der Waals surface area contributed by atoms with E-state index < -0.39 is 0 Å². The molecular formula is C16H24N. The standard InChI is InChI=1S/C16H24N/c1-16(2,3)13-9-11-15(12-10-13)17-14-7-5-4-6-8-14/h7,9-12,14,17H,4-6,8H2,1-3H3. The van der Waals surface area contributed by atoms with Crippen molar-refractivity contribution in [3.8, 4) is 0 Å². The molecule has 1 atom stereocenters. The molecule has 93 valence electrons. The number of anilines is 1. The molecule has 1 aromatic carbocycles. The predicted octanol–water partition coefficient (Wildman–Crippen LogP) is 4.54. The van der Waals surface area contributed by atoms with Gasteiger partial charge in [-0.1, -0.05) is 45.7 Å². The quantitative estimate of drug-likeness (QED) is 0.786. The lowest BCUT2D eigenvalue weighted by Crippen LogP contribution is -2.23. The summed E-state index contributed by atoms with van der Waals surface area (Å²) in [7, 11) is 0. The number of hydrogen-bond acceptors (Lipinski definition) is 1. The zero-order valence-corrected chi connectivity index (χ0v) is 11.3. The van der Waals surface area contributed by atoms with E-state index in [0.29, 0.717) is 6.04 Å².